The van der Waals surface area contributed by atoms with Gasteiger partial charge in [0.15, 0.2) is 0 Å². The maximum absolute atomic E-state index is 12.5. The zero-order chi connectivity index (χ0) is 20.8. The first kappa shape index (κ1) is 20.4. The predicted molar refractivity (Wildman–Crippen MR) is 108 cm³/mol. The lowest BCUT2D eigenvalue weighted by Crippen LogP contribution is -2.35. The van der Waals surface area contributed by atoms with Crippen LogP contribution in [-0.2, 0) is 0 Å². The number of nitrogens with zero attached hydrogens (tertiary/aromatic N) is 3. The van der Waals surface area contributed by atoms with E-state index >= 15 is 0 Å². The highest BCUT2D eigenvalue weighted by molar-refractivity contribution is 6.32. The summed E-state index contributed by atoms with van der Waals surface area (Å²) in [6, 6.07) is 11.5. The topological polar surface area (TPSA) is 107 Å². The minimum Gasteiger partial charge on any atom is -0.492 e. The second kappa shape index (κ2) is 9.26. The summed E-state index contributed by atoms with van der Waals surface area (Å²) in [6.07, 6.45) is 0.843. The molecule has 0 spiro atoms. The smallest absolute Gasteiger partial charge is 0.320 e. The Labute approximate surface area is 173 Å². The average molecular weight is 414 g/mol. The Morgan fingerprint density at radius 2 is 2.14 bits per heavy atom. The number of pyridine rings is 1. The van der Waals surface area contributed by atoms with Gasteiger partial charge in [-0.2, -0.15) is 5.26 Å². The van der Waals surface area contributed by atoms with Crippen LogP contribution in [0.4, 0.5) is 10.6 Å². The first-order valence-electron chi connectivity index (χ1n) is 9.08. The number of halogens is 1. The van der Waals surface area contributed by atoms with Crippen LogP contribution in [0.3, 0.4) is 0 Å². The summed E-state index contributed by atoms with van der Waals surface area (Å²) in [5, 5.41) is 14.7. The van der Waals surface area contributed by atoms with E-state index in [1.165, 1.54) is 4.90 Å². The quantitative estimate of drug-likeness (QED) is 0.781. The molecule has 1 atom stereocenters. The number of aromatic nitrogens is 1. The molecule has 3 rings (SSSR count). The number of benzene rings is 1. The number of nitriles is 1. The molecule has 0 saturated carbocycles. The Bertz CT molecular complexity index is 959. The van der Waals surface area contributed by atoms with Crippen molar-refractivity contribution in [2.45, 2.75) is 18.9 Å². The van der Waals surface area contributed by atoms with Gasteiger partial charge in [0.1, 0.15) is 17.3 Å². The van der Waals surface area contributed by atoms with E-state index in [2.05, 4.69) is 15.6 Å². The number of rotatable bonds is 5. The number of ether oxygens (including phenoxy) is 1. The van der Waals surface area contributed by atoms with Crippen molar-refractivity contribution in [2.24, 2.45) is 0 Å². The van der Waals surface area contributed by atoms with Crippen LogP contribution in [0.25, 0.3) is 0 Å². The lowest BCUT2D eigenvalue weighted by molar-refractivity contribution is 0.0792. The molecule has 2 heterocycles. The van der Waals surface area contributed by atoms with Crippen molar-refractivity contribution in [3.63, 3.8) is 0 Å². The van der Waals surface area contributed by atoms with E-state index in [0.717, 1.165) is 5.56 Å². The number of carbonyl (C=O) groups excluding carboxylic acids is 2. The molecule has 8 nitrogen and oxygen atoms in total. The Balaban J connectivity index is 1.66. The van der Waals surface area contributed by atoms with Gasteiger partial charge in [-0.1, -0.05) is 29.8 Å². The fourth-order valence-corrected chi connectivity index (χ4v) is 3.22. The maximum Gasteiger partial charge on any atom is 0.320 e. The normalized spacial score (nSPS) is 14.7. The minimum absolute atomic E-state index is 0.187. The summed E-state index contributed by atoms with van der Waals surface area (Å²) in [7, 11) is 1.60. The summed E-state index contributed by atoms with van der Waals surface area (Å²) in [5.74, 6) is 0.509. The number of fused-ring (bicyclic) bond motifs is 1. The summed E-state index contributed by atoms with van der Waals surface area (Å²) in [5.41, 5.74) is 1.00. The zero-order valence-corrected chi connectivity index (χ0v) is 16.6. The fraction of sp³-hybridized carbons (Fsp3) is 0.300. The third-order valence-electron chi connectivity index (χ3n) is 4.45. The monoisotopic (exact) mass is 413 g/mol. The molecule has 29 heavy (non-hydrogen) atoms. The molecule has 0 bridgehead atoms. The third-order valence-corrected chi connectivity index (χ3v) is 4.74. The number of hydrogen-bond donors (Lipinski definition) is 2. The first-order chi connectivity index (χ1) is 14.0. The van der Waals surface area contributed by atoms with Gasteiger partial charge < -0.3 is 15.0 Å². The molecule has 9 heteroatoms. The van der Waals surface area contributed by atoms with E-state index < -0.39 is 6.03 Å². The number of para-hydroxylation sites is 1. The van der Waals surface area contributed by atoms with Crippen LogP contribution in [0.1, 0.15) is 34.9 Å². The van der Waals surface area contributed by atoms with Crippen molar-refractivity contribution in [1.82, 2.24) is 15.2 Å². The molecule has 0 aliphatic carbocycles. The molecule has 0 fully saturated rings. The Morgan fingerprint density at radius 3 is 2.93 bits per heavy atom. The average Bonchev–Trinajstić information content (AvgIpc) is 2.72. The second-order valence-electron chi connectivity index (χ2n) is 6.49. The highest BCUT2D eigenvalue weighted by Gasteiger charge is 2.25. The number of amides is 3. The van der Waals surface area contributed by atoms with Gasteiger partial charge in [0.25, 0.3) is 5.91 Å². The van der Waals surface area contributed by atoms with Gasteiger partial charge >= 0.3 is 6.03 Å². The Kier molecular flexibility index (Phi) is 6.52. The molecule has 2 aromatic rings. The van der Waals surface area contributed by atoms with Crippen LogP contribution >= 0.6 is 11.6 Å². The van der Waals surface area contributed by atoms with E-state index in [-0.39, 0.29) is 29.9 Å². The van der Waals surface area contributed by atoms with E-state index in [0.29, 0.717) is 30.3 Å². The van der Waals surface area contributed by atoms with Crippen LogP contribution in [-0.4, -0.2) is 42.0 Å². The molecule has 150 valence electrons. The van der Waals surface area contributed by atoms with Crippen molar-refractivity contribution in [3.05, 3.63) is 52.7 Å². The van der Waals surface area contributed by atoms with Gasteiger partial charge in [0.05, 0.1) is 30.2 Å². The summed E-state index contributed by atoms with van der Waals surface area (Å²) in [6.45, 7) is 0.750. The standard InChI is InChI=1S/C20H20ClN5O3/c1-26(11-4-10-22)19(27)16-7-3-8-17(23-16)25-20(28)24-15-9-12-29-18-13(15)5-2-6-14(18)21/h2-3,5-8,15H,4,9,11-12H2,1H3,(H2,23,24,25,28)/t15-/m0/s1. The molecule has 0 unspecified atom stereocenters. The predicted octanol–water partition coefficient (Wildman–Crippen LogP) is 3.37. The van der Waals surface area contributed by atoms with E-state index in [1.807, 2.05) is 18.2 Å². The van der Waals surface area contributed by atoms with Crippen molar-refractivity contribution < 1.29 is 14.3 Å². The Hall–Kier alpha value is -3.31. The molecule has 0 radical (unpaired) electrons. The fourth-order valence-electron chi connectivity index (χ4n) is 2.99. The van der Waals surface area contributed by atoms with Crippen molar-refractivity contribution in [1.29, 1.82) is 5.26 Å². The lowest BCUT2D eigenvalue weighted by atomic mass is 10.0. The van der Waals surface area contributed by atoms with E-state index in [9.17, 15) is 9.59 Å². The number of carbonyl (C=O) groups is 2. The highest BCUT2D eigenvalue weighted by atomic mass is 35.5. The largest absolute Gasteiger partial charge is 0.492 e. The number of urea groups is 1. The highest BCUT2D eigenvalue weighted by Crippen LogP contribution is 2.37. The van der Waals surface area contributed by atoms with Crippen LogP contribution in [0.15, 0.2) is 36.4 Å². The zero-order valence-electron chi connectivity index (χ0n) is 15.8. The summed E-state index contributed by atoms with van der Waals surface area (Å²) in [4.78, 5) is 30.5. The first-order valence-corrected chi connectivity index (χ1v) is 9.45. The van der Waals surface area contributed by atoms with Gasteiger partial charge in [-0.3, -0.25) is 10.1 Å². The van der Waals surface area contributed by atoms with Crippen LogP contribution in [0.5, 0.6) is 5.75 Å². The molecule has 2 N–H and O–H groups in total. The summed E-state index contributed by atoms with van der Waals surface area (Å²) < 4.78 is 5.60. The number of nitrogens with one attached hydrogen (secondary N) is 2. The lowest BCUT2D eigenvalue weighted by Gasteiger charge is -2.27. The van der Waals surface area contributed by atoms with Crippen LogP contribution < -0.4 is 15.4 Å². The van der Waals surface area contributed by atoms with Gasteiger partial charge in [0, 0.05) is 25.6 Å². The van der Waals surface area contributed by atoms with Crippen molar-refractivity contribution in [3.8, 4) is 11.8 Å². The van der Waals surface area contributed by atoms with Crippen LogP contribution in [0.2, 0.25) is 5.02 Å². The molecule has 1 aliphatic rings. The molecule has 1 aliphatic heterocycles. The van der Waals surface area contributed by atoms with Crippen molar-refractivity contribution in [2.75, 3.05) is 25.5 Å². The summed E-state index contributed by atoms with van der Waals surface area (Å²) >= 11 is 6.16. The number of hydrogen-bond acceptors (Lipinski definition) is 5. The molecular formula is C20H20ClN5O3. The third kappa shape index (κ3) is 4.95. The second-order valence-corrected chi connectivity index (χ2v) is 6.90. The van der Waals surface area contributed by atoms with E-state index in [4.69, 9.17) is 21.6 Å². The molecule has 3 amide bonds. The van der Waals surface area contributed by atoms with Gasteiger partial charge in [0.2, 0.25) is 0 Å². The molecular weight excluding hydrogens is 394 g/mol. The maximum atomic E-state index is 12.5. The minimum atomic E-state index is -0.447. The van der Waals surface area contributed by atoms with Gasteiger partial charge in [-0.15, -0.1) is 0 Å². The molecule has 1 aromatic carbocycles. The molecule has 1 aromatic heterocycles. The Morgan fingerprint density at radius 1 is 1.34 bits per heavy atom. The van der Waals surface area contributed by atoms with Gasteiger partial charge in [-0.05, 0) is 18.2 Å². The van der Waals surface area contributed by atoms with Crippen LogP contribution in [0, 0.1) is 11.3 Å². The SMILES string of the molecule is CN(CCC#N)C(=O)c1cccc(NC(=O)N[C@H]2CCOc3c(Cl)cccc32)n1. The number of anilines is 1. The van der Waals surface area contributed by atoms with Crippen molar-refractivity contribution >= 4 is 29.4 Å². The molecule has 0 saturated heterocycles. The van der Waals surface area contributed by atoms with E-state index in [1.54, 1.807) is 31.3 Å². The van der Waals surface area contributed by atoms with Gasteiger partial charge in [-0.25, -0.2) is 9.78 Å².